The van der Waals surface area contributed by atoms with E-state index in [9.17, 15) is 24.3 Å². The van der Waals surface area contributed by atoms with E-state index in [1.54, 1.807) is 6.20 Å². The highest BCUT2D eigenvalue weighted by Crippen LogP contribution is 2.63. The van der Waals surface area contributed by atoms with Gasteiger partial charge in [0.2, 0.25) is 11.6 Å². The van der Waals surface area contributed by atoms with Crippen molar-refractivity contribution >= 4 is 23.5 Å². The van der Waals surface area contributed by atoms with E-state index in [0.29, 0.717) is 43.5 Å². The van der Waals surface area contributed by atoms with Crippen LogP contribution in [0, 0.1) is 22.7 Å². The van der Waals surface area contributed by atoms with Crippen LogP contribution in [0.5, 0.6) is 0 Å². The van der Waals surface area contributed by atoms with Crippen LogP contribution in [0.25, 0.3) is 0 Å². The summed E-state index contributed by atoms with van der Waals surface area (Å²) in [4.78, 5) is 58.1. The number of hydrogen-bond acceptors (Lipinski definition) is 10. The van der Waals surface area contributed by atoms with Crippen molar-refractivity contribution in [1.29, 1.82) is 0 Å². The van der Waals surface area contributed by atoms with Gasteiger partial charge in [-0.1, -0.05) is 13.8 Å². The number of cyclic esters (lactones) is 1. The molecule has 4 rings (SSSR count). The molecule has 0 bridgehead atoms. The number of carbonyl (C=O) groups is 4. The molecular formula is C30H44N2O8. The zero-order valence-electron chi connectivity index (χ0n) is 25.0. The topological polar surface area (TPSA) is 123 Å². The molecule has 40 heavy (non-hydrogen) atoms. The summed E-state index contributed by atoms with van der Waals surface area (Å²) in [7, 11) is 5.42. The van der Waals surface area contributed by atoms with Crippen molar-refractivity contribution in [3.63, 3.8) is 0 Å². The van der Waals surface area contributed by atoms with Gasteiger partial charge < -0.3 is 29.1 Å². The molecule has 0 aromatic heterocycles. The predicted octanol–water partition coefficient (Wildman–Crippen LogP) is 1.90. The summed E-state index contributed by atoms with van der Waals surface area (Å²) in [6, 6.07) is 0.153. The number of hydrogen-bond donors (Lipinski definition) is 1. The third-order valence-corrected chi connectivity index (χ3v) is 9.98. The molecule has 2 fully saturated rings. The first-order valence-electron chi connectivity index (χ1n) is 14.2. The van der Waals surface area contributed by atoms with Crippen LogP contribution < -0.4 is 0 Å². The molecule has 1 saturated carbocycles. The summed E-state index contributed by atoms with van der Waals surface area (Å²) in [6.45, 7) is 10.2. The van der Waals surface area contributed by atoms with E-state index < -0.39 is 58.6 Å². The van der Waals surface area contributed by atoms with E-state index >= 15 is 0 Å². The first-order chi connectivity index (χ1) is 18.7. The fraction of sp³-hybridized carbons (Fsp3) is 0.733. The fourth-order valence-electron chi connectivity index (χ4n) is 7.46. The number of Topliss-reactive ketones (excluding diaryl/α,β-unsaturated/α-hetero) is 2. The maximum absolute atomic E-state index is 14.2. The normalized spacial score (nSPS) is 37.2. The minimum Gasteiger partial charge on any atom is -0.458 e. The summed E-state index contributed by atoms with van der Waals surface area (Å²) >= 11 is 0. The van der Waals surface area contributed by atoms with E-state index in [2.05, 4.69) is 11.8 Å². The highest BCUT2D eigenvalue weighted by molar-refractivity contribution is 6.47. The number of allylic oxidation sites excluding steroid dienone is 1. The van der Waals surface area contributed by atoms with E-state index in [1.165, 1.54) is 14.0 Å². The smallest absolute Gasteiger partial charge is 0.336 e. The van der Waals surface area contributed by atoms with Crippen molar-refractivity contribution in [2.75, 3.05) is 40.9 Å². The number of nitrogens with zero attached hydrogens (tertiary/aromatic N) is 2. The minimum absolute atomic E-state index is 0.00320. The highest BCUT2D eigenvalue weighted by atomic mass is 16.6. The molecule has 1 aliphatic heterocycles. The van der Waals surface area contributed by atoms with Crippen LogP contribution in [0.15, 0.2) is 22.9 Å². The first kappa shape index (κ1) is 30.4. The van der Waals surface area contributed by atoms with Gasteiger partial charge in [-0.05, 0) is 58.7 Å². The monoisotopic (exact) mass is 560 g/mol. The Kier molecular flexibility index (Phi) is 8.38. The quantitative estimate of drug-likeness (QED) is 0.268. The third-order valence-electron chi connectivity index (χ3n) is 9.98. The summed E-state index contributed by atoms with van der Waals surface area (Å²) in [5.74, 6) is -4.03. The second kappa shape index (κ2) is 11.0. The lowest BCUT2D eigenvalue weighted by atomic mass is 9.50. The van der Waals surface area contributed by atoms with E-state index in [4.69, 9.17) is 14.2 Å². The number of esters is 2. The molecule has 3 aliphatic carbocycles. The second-order valence-electron chi connectivity index (χ2n) is 12.5. The highest BCUT2D eigenvalue weighted by Gasteiger charge is 2.67. The maximum Gasteiger partial charge on any atom is 0.336 e. The van der Waals surface area contributed by atoms with Crippen molar-refractivity contribution in [3.8, 4) is 0 Å². The Balaban J connectivity index is 1.95. The van der Waals surface area contributed by atoms with E-state index in [1.807, 2.05) is 39.8 Å². The van der Waals surface area contributed by atoms with Crippen LogP contribution in [0.2, 0.25) is 0 Å². The lowest BCUT2D eigenvalue weighted by molar-refractivity contribution is -0.175. The fourth-order valence-corrected chi connectivity index (χ4v) is 7.46. The lowest BCUT2D eigenvalue weighted by Crippen LogP contribution is -2.63. The van der Waals surface area contributed by atoms with Crippen molar-refractivity contribution in [2.45, 2.75) is 78.2 Å². The number of aliphatic hydroxyl groups is 1. The van der Waals surface area contributed by atoms with Gasteiger partial charge in [0.15, 0.2) is 0 Å². The number of ketones is 2. The van der Waals surface area contributed by atoms with Gasteiger partial charge in [-0.25, -0.2) is 4.79 Å². The van der Waals surface area contributed by atoms with Crippen LogP contribution in [0.3, 0.4) is 0 Å². The molecular weight excluding hydrogens is 516 g/mol. The van der Waals surface area contributed by atoms with Crippen molar-refractivity contribution in [1.82, 2.24) is 9.80 Å². The van der Waals surface area contributed by atoms with Crippen LogP contribution in [0.4, 0.5) is 0 Å². The van der Waals surface area contributed by atoms with Crippen LogP contribution in [-0.2, 0) is 33.4 Å². The molecule has 0 amide bonds. The van der Waals surface area contributed by atoms with Gasteiger partial charge in [-0.15, -0.1) is 0 Å². The van der Waals surface area contributed by atoms with Gasteiger partial charge in [-0.2, -0.15) is 0 Å². The third kappa shape index (κ3) is 4.71. The molecule has 1 heterocycles. The maximum atomic E-state index is 14.2. The Morgan fingerprint density at radius 1 is 1.23 bits per heavy atom. The van der Waals surface area contributed by atoms with Crippen LogP contribution in [0.1, 0.15) is 53.9 Å². The number of aliphatic hydroxyl groups excluding tert-OH is 1. The Morgan fingerprint density at radius 3 is 2.48 bits per heavy atom. The number of ether oxygens (including phenoxy) is 3. The standard InChI is InChI=1S/C30H44N2O8/c1-9-32(13-16(2)31(6)7)14-18-24-27(36)26(35)23-19-10-11-21(34)29(19,4)12-20(39-17(3)33)25(23)30(24,5)22(15-38-8)40-28(18)37/h14,16,19-22,24,34H,9-13,15H2,1-8H3. The summed E-state index contributed by atoms with van der Waals surface area (Å²) in [5.41, 5.74) is -0.974. The number of methoxy groups -OCH3 is 1. The second-order valence-corrected chi connectivity index (χ2v) is 12.5. The molecule has 0 aromatic rings. The van der Waals surface area contributed by atoms with Gasteiger partial charge in [0.05, 0.1) is 24.2 Å². The Hall–Kier alpha value is -2.56. The van der Waals surface area contributed by atoms with Crippen LogP contribution in [-0.4, -0.2) is 104 Å². The molecule has 10 heteroatoms. The zero-order chi connectivity index (χ0) is 29.7. The first-order valence-corrected chi connectivity index (χ1v) is 14.2. The Labute approximate surface area is 236 Å². The van der Waals surface area contributed by atoms with Crippen molar-refractivity contribution in [3.05, 3.63) is 22.9 Å². The van der Waals surface area contributed by atoms with Gasteiger partial charge in [0.25, 0.3) is 0 Å². The molecule has 4 aliphatic rings. The van der Waals surface area contributed by atoms with E-state index in [0.717, 1.165) is 0 Å². The summed E-state index contributed by atoms with van der Waals surface area (Å²) in [5, 5.41) is 11.0. The lowest BCUT2D eigenvalue weighted by Gasteiger charge is -2.56. The number of likely N-dealkylation sites (N-methyl/N-ethyl adjacent to an activating group) is 2. The minimum atomic E-state index is -1.20. The summed E-state index contributed by atoms with van der Waals surface area (Å²) < 4.78 is 17.3. The largest absolute Gasteiger partial charge is 0.458 e. The molecule has 1 saturated heterocycles. The van der Waals surface area contributed by atoms with Gasteiger partial charge in [-0.3, -0.25) is 14.4 Å². The molecule has 10 nitrogen and oxygen atoms in total. The molecule has 0 radical (unpaired) electrons. The average Bonchev–Trinajstić information content (AvgIpc) is 3.17. The average molecular weight is 561 g/mol. The molecule has 1 N–H and O–H groups in total. The van der Waals surface area contributed by atoms with Gasteiger partial charge >= 0.3 is 11.9 Å². The zero-order valence-corrected chi connectivity index (χ0v) is 25.0. The molecule has 8 unspecified atom stereocenters. The number of rotatable bonds is 8. The van der Waals surface area contributed by atoms with Gasteiger partial charge in [0, 0.05) is 55.8 Å². The Morgan fingerprint density at radius 2 is 1.90 bits per heavy atom. The van der Waals surface area contributed by atoms with Crippen molar-refractivity contribution < 1.29 is 38.5 Å². The molecule has 8 atom stereocenters. The van der Waals surface area contributed by atoms with E-state index in [-0.39, 0.29) is 24.1 Å². The number of carbonyl (C=O) groups excluding carboxylic acids is 4. The van der Waals surface area contributed by atoms with Gasteiger partial charge in [0.1, 0.15) is 12.2 Å². The SMILES string of the molecule is CCN(C=C1C(=O)OC(COC)C2(C)C3=C(C(=O)C(=O)C12)C1CCC(O)C1(C)CC3OC(C)=O)CC(C)N(C)C. The predicted molar refractivity (Wildman–Crippen MR) is 146 cm³/mol. The van der Waals surface area contributed by atoms with Crippen molar-refractivity contribution in [2.24, 2.45) is 22.7 Å². The molecule has 222 valence electrons. The molecule has 0 spiro atoms. The summed E-state index contributed by atoms with van der Waals surface area (Å²) in [6.07, 6.45) is 0.519. The molecule has 0 aromatic carbocycles. The van der Waals surface area contributed by atoms with Crippen LogP contribution >= 0.6 is 0 Å². The number of fused-ring (bicyclic) bond motifs is 4. The Bertz CT molecular complexity index is 1140.